The molecule has 1 aromatic rings. The van der Waals surface area contributed by atoms with E-state index in [9.17, 15) is 14.4 Å². The normalized spacial score (nSPS) is 16.3. The van der Waals surface area contributed by atoms with Crippen LogP contribution in [-0.2, 0) is 9.53 Å². The van der Waals surface area contributed by atoms with Crippen molar-refractivity contribution >= 4 is 29.2 Å². The average molecular weight is 268 g/mol. The highest BCUT2D eigenvalue weighted by atomic mass is 32.1. The van der Waals surface area contributed by atoms with Gasteiger partial charge in [-0.25, -0.2) is 9.59 Å². The molecular formula is C11H12N2O4S. The van der Waals surface area contributed by atoms with E-state index in [0.717, 1.165) is 4.90 Å². The first-order valence-corrected chi connectivity index (χ1v) is 6.31. The Morgan fingerprint density at radius 2 is 2.33 bits per heavy atom. The number of carbonyl (C=O) groups is 3. The van der Waals surface area contributed by atoms with Gasteiger partial charge in [-0.2, -0.15) is 0 Å². The van der Waals surface area contributed by atoms with Crippen molar-refractivity contribution in [1.29, 1.82) is 0 Å². The minimum Gasteiger partial charge on any atom is -0.448 e. The molecule has 6 nitrogen and oxygen atoms in total. The predicted molar refractivity (Wildman–Crippen MR) is 64.3 cm³/mol. The Morgan fingerprint density at radius 3 is 2.89 bits per heavy atom. The van der Waals surface area contributed by atoms with Crippen LogP contribution in [0.2, 0.25) is 0 Å². The molecule has 0 aliphatic carbocycles. The number of carbonyl (C=O) groups excluding carboxylic acids is 3. The Labute approximate surface area is 108 Å². The number of imide groups is 1. The molecule has 0 radical (unpaired) electrons. The monoisotopic (exact) mass is 268 g/mol. The Hall–Kier alpha value is -1.89. The van der Waals surface area contributed by atoms with Gasteiger partial charge in [-0.3, -0.25) is 9.69 Å². The first-order chi connectivity index (χ1) is 8.59. The minimum atomic E-state index is -0.969. The zero-order chi connectivity index (χ0) is 13.1. The van der Waals surface area contributed by atoms with Crippen LogP contribution in [0.1, 0.15) is 16.6 Å². The molecule has 1 atom stereocenters. The molecule has 1 fully saturated rings. The third-order valence-electron chi connectivity index (χ3n) is 2.48. The molecular weight excluding hydrogens is 256 g/mol. The summed E-state index contributed by atoms with van der Waals surface area (Å²) in [7, 11) is 0. The van der Waals surface area contributed by atoms with Crippen LogP contribution in [0.3, 0.4) is 0 Å². The van der Waals surface area contributed by atoms with E-state index in [1.165, 1.54) is 18.3 Å². The quantitative estimate of drug-likeness (QED) is 0.824. The molecule has 7 heteroatoms. The van der Waals surface area contributed by atoms with Crippen molar-refractivity contribution in [3.05, 3.63) is 22.4 Å². The Kier molecular flexibility index (Phi) is 3.61. The predicted octanol–water partition coefficient (Wildman–Crippen LogP) is 0.845. The fraction of sp³-hybridized carbons (Fsp3) is 0.364. The van der Waals surface area contributed by atoms with Gasteiger partial charge >= 0.3 is 12.0 Å². The van der Waals surface area contributed by atoms with Crippen LogP contribution in [0, 0.1) is 0 Å². The highest BCUT2D eigenvalue weighted by molar-refractivity contribution is 7.11. The van der Waals surface area contributed by atoms with Gasteiger partial charge in [0.25, 0.3) is 5.91 Å². The van der Waals surface area contributed by atoms with Crippen LogP contribution >= 0.6 is 11.3 Å². The van der Waals surface area contributed by atoms with E-state index in [4.69, 9.17) is 4.74 Å². The van der Waals surface area contributed by atoms with Gasteiger partial charge < -0.3 is 10.1 Å². The number of thiophene rings is 1. The summed E-state index contributed by atoms with van der Waals surface area (Å²) in [5, 5.41) is 4.26. The number of hydrogen-bond donors (Lipinski definition) is 1. The maximum absolute atomic E-state index is 11.9. The van der Waals surface area contributed by atoms with Crippen LogP contribution in [-0.4, -0.2) is 42.0 Å². The van der Waals surface area contributed by atoms with Crippen molar-refractivity contribution in [3.63, 3.8) is 0 Å². The third-order valence-corrected chi connectivity index (χ3v) is 3.33. The van der Waals surface area contributed by atoms with Gasteiger partial charge in [-0.1, -0.05) is 6.07 Å². The van der Waals surface area contributed by atoms with Gasteiger partial charge in [0, 0.05) is 13.1 Å². The highest BCUT2D eigenvalue weighted by Gasteiger charge is 2.31. The number of urea groups is 1. The van der Waals surface area contributed by atoms with Crippen molar-refractivity contribution in [2.24, 2.45) is 0 Å². The van der Waals surface area contributed by atoms with Crippen LogP contribution in [0.25, 0.3) is 0 Å². The topological polar surface area (TPSA) is 75.7 Å². The van der Waals surface area contributed by atoms with Crippen molar-refractivity contribution in [1.82, 2.24) is 10.2 Å². The van der Waals surface area contributed by atoms with E-state index >= 15 is 0 Å². The van der Waals surface area contributed by atoms with Crippen LogP contribution in [0.5, 0.6) is 0 Å². The zero-order valence-corrected chi connectivity index (χ0v) is 10.5. The Bertz CT molecular complexity index is 471. The van der Waals surface area contributed by atoms with E-state index in [2.05, 4.69) is 5.32 Å². The SMILES string of the molecule is C[C@H](OC(=O)c1cccs1)C(=O)N1CCNC1=O. The van der Waals surface area contributed by atoms with Gasteiger partial charge in [0.1, 0.15) is 4.88 Å². The fourth-order valence-corrected chi connectivity index (χ4v) is 2.17. The summed E-state index contributed by atoms with van der Waals surface area (Å²) in [5.74, 6) is -1.06. The van der Waals surface area contributed by atoms with Gasteiger partial charge in [-0.15, -0.1) is 11.3 Å². The smallest absolute Gasteiger partial charge is 0.349 e. The number of hydrogen-bond acceptors (Lipinski definition) is 5. The van der Waals surface area contributed by atoms with Gasteiger partial charge in [-0.05, 0) is 18.4 Å². The molecule has 1 saturated heterocycles. The molecule has 1 aromatic heterocycles. The third kappa shape index (κ3) is 2.51. The summed E-state index contributed by atoms with van der Waals surface area (Å²) < 4.78 is 5.02. The van der Waals surface area contributed by atoms with E-state index in [0.29, 0.717) is 18.0 Å². The summed E-state index contributed by atoms with van der Waals surface area (Å²) in [6, 6.07) is 2.90. The van der Waals surface area contributed by atoms with Gasteiger partial charge in [0.15, 0.2) is 6.10 Å². The molecule has 2 heterocycles. The Morgan fingerprint density at radius 1 is 1.56 bits per heavy atom. The first-order valence-electron chi connectivity index (χ1n) is 5.43. The molecule has 1 aliphatic rings. The molecule has 0 aromatic carbocycles. The summed E-state index contributed by atoms with van der Waals surface area (Å²) >= 11 is 1.24. The van der Waals surface area contributed by atoms with Crippen LogP contribution < -0.4 is 5.32 Å². The molecule has 2 rings (SSSR count). The Balaban J connectivity index is 1.95. The van der Waals surface area contributed by atoms with Crippen molar-refractivity contribution in [2.75, 3.05) is 13.1 Å². The number of nitrogens with one attached hydrogen (secondary N) is 1. The largest absolute Gasteiger partial charge is 0.448 e. The summed E-state index contributed by atoms with van der Waals surface area (Å²) in [6.07, 6.45) is -0.969. The van der Waals surface area contributed by atoms with E-state index in [1.54, 1.807) is 17.5 Å². The van der Waals surface area contributed by atoms with Crippen molar-refractivity contribution in [2.45, 2.75) is 13.0 Å². The number of rotatable bonds is 3. The molecule has 0 unspecified atom stereocenters. The number of esters is 1. The molecule has 18 heavy (non-hydrogen) atoms. The standard InChI is InChI=1S/C11H12N2O4S/c1-7(9(14)13-5-4-12-11(13)16)17-10(15)8-3-2-6-18-8/h2-3,6-7H,4-5H2,1H3,(H,12,16)/t7-/m0/s1. The van der Waals surface area contributed by atoms with Crippen LogP contribution in [0.15, 0.2) is 17.5 Å². The lowest BCUT2D eigenvalue weighted by molar-refractivity contribution is -0.135. The molecule has 0 spiro atoms. The second-order valence-electron chi connectivity index (χ2n) is 3.75. The van der Waals surface area contributed by atoms with Crippen molar-refractivity contribution in [3.8, 4) is 0 Å². The summed E-state index contributed by atoms with van der Waals surface area (Å²) in [4.78, 5) is 36.3. The first kappa shape index (κ1) is 12.6. The average Bonchev–Trinajstić information content (AvgIpc) is 2.98. The maximum atomic E-state index is 11.9. The lowest BCUT2D eigenvalue weighted by Gasteiger charge is -2.17. The number of amides is 3. The molecule has 96 valence electrons. The summed E-state index contributed by atoms with van der Waals surface area (Å²) in [5.41, 5.74) is 0. The van der Waals surface area contributed by atoms with E-state index in [1.807, 2.05) is 0 Å². The highest BCUT2D eigenvalue weighted by Crippen LogP contribution is 2.12. The van der Waals surface area contributed by atoms with Gasteiger partial charge in [0.05, 0.1) is 0 Å². The molecule has 0 bridgehead atoms. The fourth-order valence-electron chi connectivity index (χ4n) is 1.57. The molecule has 0 saturated carbocycles. The summed E-state index contributed by atoms with van der Waals surface area (Å²) in [6.45, 7) is 2.19. The van der Waals surface area contributed by atoms with Crippen molar-refractivity contribution < 1.29 is 19.1 Å². The molecule has 1 aliphatic heterocycles. The number of ether oxygens (including phenoxy) is 1. The lowest BCUT2D eigenvalue weighted by atomic mass is 10.3. The second kappa shape index (κ2) is 5.18. The van der Waals surface area contributed by atoms with E-state index < -0.39 is 24.0 Å². The molecule has 3 amide bonds. The number of nitrogens with zero attached hydrogens (tertiary/aromatic N) is 1. The molecule has 1 N–H and O–H groups in total. The van der Waals surface area contributed by atoms with Crippen LogP contribution in [0.4, 0.5) is 4.79 Å². The van der Waals surface area contributed by atoms with E-state index in [-0.39, 0.29) is 0 Å². The lowest BCUT2D eigenvalue weighted by Crippen LogP contribution is -2.41. The van der Waals surface area contributed by atoms with Gasteiger partial charge in [0.2, 0.25) is 0 Å². The minimum absolute atomic E-state index is 0.304. The second-order valence-corrected chi connectivity index (χ2v) is 4.69. The zero-order valence-electron chi connectivity index (χ0n) is 9.71. The maximum Gasteiger partial charge on any atom is 0.349 e.